The van der Waals surface area contributed by atoms with E-state index in [1.54, 1.807) is 12.1 Å². The van der Waals surface area contributed by atoms with E-state index in [2.05, 4.69) is 39.0 Å². The van der Waals surface area contributed by atoms with E-state index in [1.807, 2.05) is 6.07 Å². The van der Waals surface area contributed by atoms with Gasteiger partial charge in [0.1, 0.15) is 5.82 Å². The van der Waals surface area contributed by atoms with Crippen molar-refractivity contribution >= 4 is 0 Å². The number of halogens is 1. The van der Waals surface area contributed by atoms with Gasteiger partial charge in [-0.05, 0) is 28.8 Å². The van der Waals surface area contributed by atoms with Crippen molar-refractivity contribution in [2.24, 2.45) is 0 Å². The van der Waals surface area contributed by atoms with Gasteiger partial charge in [0.25, 0.3) is 0 Å². The molecule has 0 radical (unpaired) electrons. The van der Waals surface area contributed by atoms with Gasteiger partial charge in [0.15, 0.2) is 0 Å². The number of benzene rings is 2. The van der Waals surface area contributed by atoms with Crippen LogP contribution in [0.4, 0.5) is 4.39 Å². The van der Waals surface area contributed by atoms with Gasteiger partial charge in [-0.1, -0.05) is 36.4 Å². The molecule has 2 heterocycles. The Kier molecular flexibility index (Phi) is 6.70. The Labute approximate surface area is 167 Å². The molecular weight excluding hydrogens is 353 g/mol. The van der Waals surface area contributed by atoms with Crippen LogP contribution in [0.25, 0.3) is 0 Å². The van der Waals surface area contributed by atoms with Gasteiger partial charge < -0.3 is 4.74 Å². The van der Waals surface area contributed by atoms with E-state index in [1.165, 1.54) is 17.2 Å². The average molecular weight is 384 g/mol. The first kappa shape index (κ1) is 19.5. The van der Waals surface area contributed by atoms with Crippen molar-refractivity contribution in [3.63, 3.8) is 0 Å². The molecule has 150 valence electrons. The fourth-order valence-electron chi connectivity index (χ4n) is 4.10. The zero-order valence-electron chi connectivity index (χ0n) is 16.5. The van der Waals surface area contributed by atoms with E-state index < -0.39 is 0 Å². The number of nitrogens with zero attached hydrogens (tertiary/aromatic N) is 3. The molecule has 28 heavy (non-hydrogen) atoms. The minimum atomic E-state index is -0.145. The molecule has 2 aromatic carbocycles. The van der Waals surface area contributed by atoms with Crippen LogP contribution in [0, 0.1) is 5.82 Å². The summed E-state index contributed by atoms with van der Waals surface area (Å²) in [5, 5.41) is 0. The van der Waals surface area contributed by atoms with Gasteiger partial charge in [-0.15, -0.1) is 0 Å². The van der Waals surface area contributed by atoms with E-state index in [9.17, 15) is 4.39 Å². The molecule has 0 aromatic heterocycles. The van der Waals surface area contributed by atoms with Crippen molar-refractivity contribution in [1.82, 2.24) is 14.7 Å². The summed E-state index contributed by atoms with van der Waals surface area (Å²) in [7, 11) is 0. The molecule has 0 spiro atoms. The Morgan fingerprint density at radius 2 is 1.11 bits per heavy atom. The standard InChI is InChI=1S/C23H30FN3O/c24-23-6-2-5-22(16-23)19-26-9-7-25(8-10-26)17-20-3-1-4-21(15-20)18-27-11-13-28-14-12-27/h1-6,15-16H,7-14,17-19H2. The molecule has 0 unspecified atom stereocenters. The number of morpholine rings is 1. The molecule has 4 nitrogen and oxygen atoms in total. The van der Waals surface area contributed by atoms with Crippen LogP contribution in [-0.2, 0) is 24.4 Å². The quantitative estimate of drug-likeness (QED) is 0.763. The minimum absolute atomic E-state index is 0.145. The number of ether oxygens (including phenoxy) is 1. The van der Waals surface area contributed by atoms with Crippen molar-refractivity contribution in [2.75, 3.05) is 52.5 Å². The van der Waals surface area contributed by atoms with E-state index in [0.29, 0.717) is 0 Å². The van der Waals surface area contributed by atoms with Crippen LogP contribution < -0.4 is 0 Å². The molecule has 5 heteroatoms. The highest BCUT2D eigenvalue weighted by Gasteiger charge is 2.17. The topological polar surface area (TPSA) is 19.0 Å². The van der Waals surface area contributed by atoms with Crippen LogP contribution in [0.1, 0.15) is 16.7 Å². The van der Waals surface area contributed by atoms with Crippen LogP contribution in [0.15, 0.2) is 48.5 Å². The Morgan fingerprint density at radius 1 is 0.643 bits per heavy atom. The Balaban J connectivity index is 1.26. The van der Waals surface area contributed by atoms with Crippen molar-refractivity contribution in [1.29, 1.82) is 0 Å². The molecule has 0 bridgehead atoms. The lowest BCUT2D eigenvalue weighted by molar-refractivity contribution is 0.0342. The maximum Gasteiger partial charge on any atom is 0.123 e. The summed E-state index contributed by atoms with van der Waals surface area (Å²) in [5.41, 5.74) is 3.85. The molecule has 2 aromatic rings. The maximum atomic E-state index is 13.4. The van der Waals surface area contributed by atoms with E-state index in [0.717, 1.165) is 77.7 Å². The summed E-state index contributed by atoms with van der Waals surface area (Å²) in [6, 6.07) is 16.0. The van der Waals surface area contributed by atoms with Crippen LogP contribution in [0.3, 0.4) is 0 Å². The lowest BCUT2D eigenvalue weighted by Crippen LogP contribution is -2.45. The second-order valence-electron chi connectivity index (χ2n) is 7.89. The van der Waals surface area contributed by atoms with Gasteiger partial charge >= 0.3 is 0 Å². The monoisotopic (exact) mass is 383 g/mol. The molecule has 0 amide bonds. The first-order chi connectivity index (χ1) is 13.7. The van der Waals surface area contributed by atoms with Crippen molar-refractivity contribution in [3.05, 3.63) is 71.0 Å². The predicted octanol–water partition coefficient (Wildman–Crippen LogP) is 2.98. The highest BCUT2D eigenvalue weighted by Crippen LogP contribution is 2.15. The summed E-state index contributed by atoms with van der Waals surface area (Å²) < 4.78 is 18.8. The highest BCUT2D eigenvalue weighted by molar-refractivity contribution is 5.23. The largest absolute Gasteiger partial charge is 0.379 e. The van der Waals surface area contributed by atoms with Gasteiger partial charge in [-0.25, -0.2) is 4.39 Å². The Morgan fingerprint density at radius 3 is 1.64 bits per heavy atom. The molecule has 2 saturated heterocycles. The third-order valence-electron chi connectivity index (χ3n) is 5.67. The first-order valence-corrected chi connectivity index (χ1v) is 10.3. The first-order valence-electron chi connectivity index (χ1n) is 10.3. The molecule has 0 N–H and O–H groups in total. The Bertz CT molecular complexity index is 755. The zero-order valence-corrected chi connectivity index (χ0v) is 16.5. The number of rotatable bonds is 6. The van der Waals surface area contributed by atoms with Gasteiger partial charge in [-0.3, -0.25) is 14.7 Å². The second-order valence-corrected chi connectivity index (χ2v) is 7.89. The van der Waals surface area contributed by atoms with Crippen molar-refractivity contribution in [3.8, 4) is 0 Å². The molecular formula is C23H30FN3O. The third kappa shape index (κ3) is 5.61. The summed E-state index contributed by atoms with van der Waals surface area (Å²) in [6.45, 7) is 10.8. The highest BCUT2D eigenvalue weighted by atomic mass is 19.1. The molecule has 2 aliphatic rings. The molecule has 2 aliphatic heterocycles. The van der Waals surface area contributed by atoms with E-state index >= 15 is 0 Å². The lowest BCUT2D eigenvalue weighted by Gasteiger charge is -2.35. The molecule has 4 rings (SSSR count). The SMILES string of the molecule is Fc1cccc(CN2CCN(Cc3cccc(CN4CCOCC4)c3)CC2)c1. The summed E-state index contributed by atoms with van der Waals surface area (Å²) >= 11 is 0. The number of hydrogen-bond acceptors (Lipinski definition) is 4. The predicted molar refractivity (Wildman–Crippen MR) is 109 cm³/mol. The van der Waals surface area contributed by atoms with E-state index in [-0.39, 0.29) is 5.82 Å². The third-order valence-corrected chi connectivity index (χ3v) is 5.67. The van der Waals surface area contributed by atoms with Crippen LogP contribution >= 0.6 is 0 Å². The fraction of sp³-hybridized carbons (Fsp3) is 0.478. The Hall–Kier alpha value is -1.79. The fourth-order valence-corrected chi connectivity index (χ4v) is 4.10. The van der Waals surface area contributed by atoms with Crippen molar-refractivity contribution < 1.29 is 9.13 Å². The van der Waals surface area contributed by atoms with Crippen LogP contribution in [0.5, 0.6) is 0 Å². The number of hydrogen-bond donors (Lipinski definition) is 0. The normalized spacial score (nSPS) is 19.8. The summed E-state index contributed by atoms with van der Waals surface area (Å²) in [6.07, 6.45) is 0. The molecule has 0 atom stereocenters. The van der Waals surface area contributed by atoms with Gasteiger partial charge in [-0.2, -0.15) is 0 Å². The molecule has 0 saturated carbocycles. The van der Waals surface area contributed by atoms with Gasteiger partial charge in [0, 0.05) is 58.9 Å². The average Bonchev–Trinajstić information content (AvgIpc) is 2.71. The van der Waals surface area contributed by atoms with Crippen molar-refractivity contribution in [2.45, 2.75) is 19.6 Å². The molecule has 0 aliphatic carbocycles. The van der Waals surface area contributed by atoms with Crippen LogP contribution in [0.2, 0.25) is 0 Å². The van der Waals surface area contributed by atoms with Crippen LogP contribution in [-0.4, -0.2) is 67.2 Å². The maximum absolute atomic E-state index is 13.4. The second kappa shape index (κ2) is 9.61. The van der Waals surface area contributed by atoms with E-state index in [4.69, 9.17) is 4.74 Å². The molecule has 2 fully saturated rings. The smallest absolute Gasteiger partial charge is 0.123 e. The number of piperazine rings is 1. The minimum Gasteiger partial charge on any atom is -0.379 e. The summed E-state index contributed by atoms with van der Waals surface area (Å²) in [4.78, 5) is 7.41. The van der Waals surface area contributed by atoms with Gasteiger partial charge in [0.2, 0.25) is 0 Å². The summed E-state index contributed by atoms with van der Waals surface area (Å²) in [5.74, 6) is -0.145. The lowest BCUT2D eigenvalue weighted by atomic mass is 10.1. The van der Waals surface area contributed by atoms with Gasteiger partial charge in [0.05, 0.1) is 13.2 Å². The zero-order chi connectivity index (χ0) is 19.2.